The molecule has 0 bridgehead atoms. The van der Waals surface area contributed by atoms with Gasteiger partial charge in [0.15, 0.2) is 6.17 Å². The molecule has 1 aromatic carbocycles. The van der Waals surface area contributed by atoms with Crippen LogP contribution in [0.4, 0.5) is 14.0 Å². The molecule has 1 saturated heterocycles. The minimum atomic E-state index is -0.876. The summed E-state index contributed by atoms with van der Waals surface area (Å²) in [6.45, 7) is 11.1. The van der Waals surface area contributed by atoms with Crippen LogP contribution in [0.25, 0.3) is 0 Å². The second-order valence-electron chi connectivity index (χ2n) is 7.97. The van der Waals surface area contributed by atoms with Gasteiger partial charge in [0.25, 0.3) is 0 Å². The van der Waals surface area contributed by atoms with E-state index in [9.17, 15) is 19.2 Å². The first-order valence-corrected chi connectivity index (χ1v) is 9.09. The van der Waals surface area contributed by atoms with Gasteiger partial charge in [-0.2, -0.15) is 5.06 Å². The molecule has 1 unspecified atom stereocenters. The van der Waals surface area contributed by atoms with E-state index in [1.165, 1.54) is 17.0 Å². The fraction of sp³-hybridized carbons (Fsp3) is 0.579. The quantitative estimate of drug-likeness (QED) is 0.607. The van der Waals surface area contributed by atoms with Gasteiger partial charge in [0.2, 0.25) is 0 Å². The molecule has 0 saturated carbocycles. The first-order chi connectivity index (χ1) is 12.5. The van der Waals surface area contributed by atoms with Crippen molar-refractivity contribution >= 4 is 12.1 Å². The summed E-state index contributed by atoms with van der Waals surface area (Å²) in [6.07, 6.45) is -0.871. The number of amides is 4. The molecular weight excluding hydrogens is 351 g/mol. The maximum atomic E-state index is 13.2. The highest BCUT2D eigenvalue weighted by Crippen LogP contribution is 2.36. The van der Waals surface area contributed by atoms with Crippen LogP contribution < -0.4 is 5.32 Å². The molecule has 0 aromatic heterocycles. The van der Waals surface area contributed by atoms with Gasteiger partial charge in [0.05, 0.1) is 5.54 Å². The summed E-state index contributed by atoms with van der Waals surface area (Å²) in [4.78, 5) is 28.6. The van der Waals surface area contributed by atoms with Crippen LogP contribution in [-0.2, 0) is 6.54 Å². The summed E-state index contributed by atoms with van der Waals surface area (Å²) in [5.41, 5.74) is -0.114. The Balaban J connectivity index is 2.36. The zero-order chi connectivity index (χ0) is 20.5. The summed E-state index contributed by atoms with van der Waals surface area (Å²) in [5, 5.41) is 13.9. The summed E-state index contributed by atoms with van der Waals surface area (Å²) < 4.78 is 13.2. The molecule has 8 heteroatoms. The SMILES string of the molecule is CC(C)NC(=O)N(O)C1N(C(C)C)C(=O)N(Cc2ccc(F)cc2)C1(C)C. The first-order valence-electron chi connectivity index (χ1n) is 9.09. The second-order valence-corrected chi connectivity index (χ2v) is 7.97. The van der Waals surface area contributed by atoms with Crippen molar-refractivity contribution in [2.45, 2.75) is 71.9 Å². The topological polar surface area (TPSA) is 76.1 Å². The lowest BCUT2D eigenvalue weighted by Gasteiger charge is -2.39. The van der Waals surface area contributed by atoms with Crippen LogP contribution >= 0.6 is 0 Å². The standard InChI is InChI=1S/C19H29FN4O3/c1-12(2)21-17(25)24(27)16-19(5,6)22(18(26)23(16)13(3)4)11-14-7-9-15(20)10-8-14/h7-10,12-13,16,27H,11H2,1-6H3,(H,21,25). The number of rotatable bonds is 5. The third-order valence-electron chi connectivity index (χ3n) is 4.70. The largest absolute Gasteiger partial charge is 0.343 e. The highest BCUT2D eigenvalue weighted by Gasteiger charge is 2.56. The van der Waals surface area contributed by atoms with E-state index in [0.29, 0.717) is 5.06 Å². The molecule has 1 fully saturated rings. The van der Waals surface area contributed by atoms with Gasteiger partial charge in [-0.15, -0.1) is 0 Å². The van der Waals surface area contributed by atoms with Crippen LogP contribution in [0, 0.1) is 5.82 Å². The van der Waals surface area contributed by atoms with Crippen LogP contribution in [0.2, 0.25) is 0 Å². The third kappa shape index (κ3) is 4.16. The van der Waals surface area contributed by atoms with Crippen molar-refractivity contribution in [2.75, 3.05) is 0 Å². The number of hydrogen-bond acceptors (Lipinski definition) is 3. The lowest BCUT2D eigenvalue weighted by molar-refractivity contribution is -0.138. The van der Waals surface area contributed by atoms with E-state index in [1.54, 1.807) is 44.7 Å². The van der Waals surface area contributed by atoms with Crippen molar-refractivity contribution in [1.29, 1.82) is 0 Å². The molecule has 0 spiro atoms. The van der Waals surface area contributed by atoms with Crippen molar-refractivity contribution in [1.82, 2.24) is 20.2 Å². The molecule has 7 nitrogen and oxygen atoms in total. The molecule has 150 valence electrons. The molecule has 4 amide bonds. The van der Waals surface area contributed by atoms with Crippen molar-refractivity contribution in [3.8, 4) is 0 Å². The van der Waals surface area contributed by atoms with E-state index >= 15 is 0 Å². The fourth-order valence-electron chi connectivity index (χ4n) is 3.36. The van der Waals surface area contributed by atoms with Crippen LogP contribution in [0.3, 0.4) is 0 Å². The molecule has 2 N–H and O–H groups in total. The van der Waals surface area contributed by atoms with Gasteiger partial charge in [-0.1, -0.05) is 12.1 Å². The Kier molecular flexibility index (Phi) is 5.99. The molecule has 27 heavy (non-hydrogen) atoms. The molecule has 1 atom stereocenters. The smallest absolute Gasteiger partial charge is 0.334 e. The molecule has 2 rings (SSSR count). The number of halogens is 1. The van der Waals surface area contributed by atoms with Gasteiger partial charge >= 0.3 is 12.1 Å². The normalized spacial score (nSPS) is 19.2. The van der Waals surface area contributed by atoms with E-state index in [2.05, 4.69) is 5.32 Å². The summed E-state index contributed by atoms with van der Waals surface area (Å²) in [7, 11) is 0. The Bertz CT molecular complexity index is 691. The van der Waals surface area contributed by atoms with Crippen LogP contribution in [0.5, 0.6) is 0 Å². The number of nitrogens with one attached hydrogen (secondary N) is 1. The zero-order valence-corrected chi connectivity index (χ0v) is 16.7. The molecule has 0 aliphatic carbocycles. The van der Waals surface area contributed by atoms with Crippen molar-refractivity contribution < 1.29 is 19.2 Å². The van der Waals surface area contributed by atoms with E-state index in [1.807, 2.05) is 13.8 Å². The highest BCUT2D eigenvalue weighted by molar-refractivity contribution is 5.81. The monoisotopic (exact) mass is 380 g/mol. The lowest BCUT2D eigenvalue weighted by atomic mass is 9.99. The van der Waals surface area contributed by atoms with Gasteiger partial charge in [0, 0.05) is 18.6 Å². The molecule has 1 aliphatic rings. The Morgan fingerprint density at radius 1 is 1.26 bits per heavy atom. The third-order valence-corrected chi connectivity index (χ3v) is 4.70. The molecule has 0 radical (unpaired) electrons. The van der Waals surface area contributed by atoms with Gasteiger partial charge in [0.1, 0.15) is 5.82 Å². The number of nitrogens with zero attached hydrogens (tertiary/aromatic N) is 3. The average molecular weight is 380 g/mol. The maximum absolute atomic E-state index is 13.2. The lowest BCUT2D eigenvalue weighted by Crippen LogP contribution is -2.60. The molecular formula is C19H29FN4O3. The van der Waals surface area contributed by atoms with Crippen molar-refractivity contribution in [3.05, 3.63) is 35.6 Å². The van der Waals surface area contributed by atoms with Gasteiger partial charge in [-0.05, 0) is 59.2 Å². The molecule has 1 aliphatic heterocycles. The highest BCUT2D eigenvalue weighted by atomic mass is 19.1. The number of urea groups is 2. The average Bonchev–Trinajstić information content (AvgIpc) is 2.75. The van der Waals surface area contributed by atoms with E-state index in [-0.39, 0.29) is 30.5 Å². The number of benzene rings is 1. The molecule has 1 heterocycles. The van der Waals surface area contributed by atoms with Crippen LogP contribution in [0.15, 0.2) is 24.3 Å². The van der Waals surface area contributed by atoms with Crippen LogP contribution in [0.1, 0.15) is 47.1 Å². The fourth-order valence-corrected chi connectivity index (χ4v) is 3.36. The molecule has 1 aromatic rings. The Morgan fingerprint density at radius 2 is 1.81 bits per heavy atom. The van der Waals surface area contributed by atoms with Crippen molar-refractivity contribution in [3.63, 3.8) is 0 Å². The van der Waals surface area contributed by atoms with E-state index in [4.69, 9.17) is 0 Å². The Labute approximate surface area is 159 Å². The second kappa shape index (κ2) is 7.72. The zero-order valence-electron chi connectivity index (χ0n) is 16.7. The van der Waals surface area contributed by atoms with Crippen molar-refractivity contribution in [2.24, 2.45) is 0 Å². The predicted molar refractivity (Wildman–Crippen MR) is 99.5 cm³/mol. The minimum Gasteiger partial charge on any atom is -0.334 e. The number of hydrogen-bond donors (Lipinski definition) is 2. The van der Waals surface area contributed by atoms with Gasteiger partial charge < -0.3 is 10.2 Å². The van der Waals surface area contributed by atoms with Gasteiger partial charge in [-0.25, -0.2) is 14.0 Å². The number of hydroxylamine groups is 2. The Hall–Kier alpha value is -2.35. The van der Waals surface area contributed by atoms with E-state index < -0.39 is 17.7 Å². The summed E-state index contributed by atoms with van der Waals surface area (Å²) in [6, 6.07) is 4.58. The maximum Gasteiger partial charge on any atom is 0.343 e. The first kappa shape index (κ1) is 21.0. The number of carbonyl (C=O) groups excluding carboxylic acids is 2. The van der Waals surface area contributed by atoms with E-state index in [0.717, 1.165) is 5.56 Å². The summed E-state index contributed by atoms with van der Waals surface area (Å²) in [5.74, 6) is -0.348. The van der Waals surface area contributed by atoms with Crippen LogP contribution in [-0.4, -0.2) is 55.9 Å². The summed E-state index contributed by atoms with van der Waals surface area (Å²) >= 11 is 0. The predicted octanol–water partition coefficient (Wildman–Crippen LogP) is 3.39. The van der Waals surface area contributed by atoms with Gasteiger partial charge in [-0.3, -0.25) is 10.1 Å². The number of carbonyl (C=O) groups is 2. The Morgan fingerprint density at radius 3 is 2.30 bits per heavy atom. The minimum absolute atomic E-state index is 0.157.